The zero-order chi connectivity index (χ0) is 13.1. The fourth-order valence-electron chi connectivity index (χ4n) is 1.81. The van der Waals surface area contributed by atoms with Crippen LogP contribution in [0.5, 0.6) is 0 Å². The molecule has 1 unspecified atom stereocenters. The molecule has 17 heavy (non-hydrogen) atoms. The number of carbonyl (C=O) groups is 1. The third-order valence-electron chi connectivity index (χ3n) is 2.45. The summed E-state index contributed by atoms with van der Waals surface area (Å²) in [4.78, 5) is 13.2. The molecule has 0 fully saturated rings. The zero-order valence-electron chi connectivity index (χ0n) is 11.7. The second-order valence-electron chi connectivity index (χ2n) is 4.37. The van der Waals surface area contributed by atoms with Crippen molar-refractivity contribution in [2.75, 3.05) is 19.6 Å². The van der Waals surface area contributed by atoms with Crippen molar-refractivity contribution in [3.63, 3.8) is 0 Å². The summed E-state index contributed by atoms with van der Waals surface area (Å²) >= 11 is 0. The molecule has 3 nitrogen and oxygen atoms in total. The summed E-state index contributed by atoms with van der Waals surface area (Å²) in [6.45, 7) is 11.2. The Kier molecular flexibility index (Phi) is 9.83. The van der Waals surface area contributed by atoms with E-state index in [9.17, 15) is 4.79 Å². The lowest BCUT2D eigenvalue weighted by molar-refractivity contribution is -0.143. The number of hydrogen-bond donors (Lipinski definition) is 0. The molecule has 0 aromatic heterocycles. The second kappa shape index (κ2) is 10.3. The Morgan fingerprint density at radius 3 is 2.29 bits per heavy atom. The summed E-state index contributed by atoms with van der Waals surface area (Å²) in [6, 6.07) is 0. The van der Waals surface area contributed by atoms with Crippen molar-refractivity contribution in [3.8, 4) is 0 Å². The van der Waals surface area contributed by atoms with E-state index in [-0.39, 0.29) is 12.1 Å². The highest BCUT2D eigenvalue weighted by Crippen LogP contribution is 1.99. The zero-order valence-corrected chi connectivity index (χ0v) is 11.7. The SMILES string of the molecule is CCCN(CCC)CC/C=C/C(C)OC(C)=O. The van der Waals surface area contributed by atoms with Gasteiger partial charge in [-0.3, -0.25) is 4.79 Å². The lowest BCUT2D eigenvalue weighted by Crippen LogP contribution is -2.26. The summed E-state index contributed by atoms with van der Waals surface area (Å²) in [6.07, 6.45) is 7.37. The van der Waals surface area contributed by atoms with Gasteiger partial charge in [-0.2, -0.15) is 0 Å². The van der Waals surface area contributed by atoms with E-state index in [1.54, 1.807) is 0 Å². The molecule has 0 spiro atoms. The van der Waals surface area contributed by atoms with E-state index >= 15 is 0 Å². The molecule has 0 bridgehead atoms. The van der Waals surface area contributed by atoms with Gasteiger partial charge in [0.25, 0.3) is 0 Å². The third kappa shape index (κ3) is 10.1. The van der Waals surface area contributed by atoms with Crippen LogP contribution in [0.2, 0.25) is 0 Å². The maximum Gasteiger partial charge on any atom is 0.303 e. The fourth-order valence-corrected chi connectivity index (χ4v) is 1.81. The molecule has 0 saturated carbocycles. The van der Waals surface area contributed by atoms with E-state index in [0.29, 0.717) is 0 Å². The Balaban J connectivity index is 3.77. The molecule has 1 atom stereocenters. The van der Waals surface area contributed by atoms with Crippen LogP contribution in [0.15, 0.2) is 12.2 Å². The minimum atomic E-state index is -0.222. The Bertz CT molecular complexity index is 220. The van der Waals surface area contributed by atoms with Gasteiger partial charge in [-0.25, -0.2) is 0 Å². The average Bonchev–Trinajstić information content (AvgIpc) is 2.24. The van der Waals surface area contributed by atoms with Crippen molar-refractivity contribution < 1.29 is 9.53 Å². The summed E-state index contributed by atoms with van der Waals surface area (Å²) in [5, 5.41) is 0. The van der Waals surface area contributed by atoms with Crippen LogP contribution in [0.25, 0.3) is 0 Å². The van der Waals surface area contributed by atoms with Crippen LogP contribution in [0.3, 0.4) is 0 Å². The number of ether oxygens (including phenoxy) is 1. The maximum absolute atomic E-state index is 10.7. The first-order valence-electron chi connectivity index (χ1n) is 6.66. The van der Waals surface area contributed by atoms with Crippen LogP contribution < -0.4 is 0 Å². The van der Waals surface area contributed by atoms with Gasteiger partial charge >= 0.3 is 5.97 Å². The number of esters is 1. The van der Waals surface area contributed by atoms with E-state index in [0.717, 1.165) is 13.0 Å². The van der Waals surface area contributed by atoms with Gasteiger partial charge in [0.1, 0.15) is 6.10 Å². The van der Waals surface area contributed by atoms with Crippen LogP contribution in [0, 0.1) is 0 Å². The number of nitrogens with zero attached hydrogens (tertiary/aromatic N) is 1. The molecule has 3 heteroatoms. The van der Waals surface area contributed by atoms with Gasteiger partial charge in [0.15, 0.2) is 0 Å². The highest BCUT2D eigenvalue weighted by Gasteiger charge is 2.01. The van der Waals surface area contributed by atoms with E-state index in [1.165, 1.54) is 32.9 Å². The normalized spacial score (nSPS) is 13.2. The van der Waals surface area contributed by atoms with E-state index in [2.05, 4.69) is 24.8 Å². The quantitative estimate of drug-likeness (QED) is 0.459. The molecule has 0 amide bonds. The predicted molar refractivity (Wildman–Crippen MR) is 72.0 cm³/mol. The summed E-state index contributed by atoms with van der Waals surface area (Å²) in [5.74, 6) is -0.222. The van der Waals surface area contributed by atoms with E-state index in [1.807, 2.05) is 13.0 Å². The summed E-state index contributed by atoms with van der Waals surface area (Å²) in [5.41, 5.74) is 0. The van der Waals surface area contributed by atoms with Crippen molar-refractivity contribution in [3.05, 3.63) is 12.2 Å². The first kappa shape index (κ1) is 16.2. The van der Waals surface area contributed by atoms with Gasteiger partial charge in [0.2, 0.25) is 0 Å². The Hall–Kier alpha value is -0.830. The van der Waals surface area contributed by atoms with Crippen molar-refractivity contribution in [1.29, 1.82) is 0 Å². The standard InChI is InChI=1S/C14H27NO2/c1-5-10-15(11-6-2)12-8-7-9-13(3)17-14(4)16/h7,9,13H,5-6,8,10-12H2,1-4H3/b9-7+. The van der Waals surface area contributed by atoms with Crippen LogP contribution in [0.4, 0.5) is 0 Å². The molecule has 100 valence electrons. The largest absolute Gasteiger partial charge is 0.459 e. The lowest BCUT2D eigenvalue weighted by Gasteiger charge is -2.19. The van der Waals surface area contributed by atoms with Gasteiger partial charge in [-0.1, -0.05) is 19.9 Å². The van der Waals surface area contributed by atoms with Crippen LogP contribution in [0.1, 0.15) is 47.0 Å². The molecular weight excluding hydrogens is 214 g/mol. The molecule has 0 N–H and O–H groups in total. The Morgan fingerprint density at radius 2 is 1.82 bits per heavy atom. The molecule has 0 aromatic carbocycles. The van der Waals surface area contributed by atoms with E-state index < -0.39 is 0 Å². The van der Waals surface area contributed by atoms with Gasteiger partial charge in [0.05, 0.1) is 0 Å². The fraction of sp³-hybridized carbons (Fsp3) is 0.786. The molecule has 0 aliphatic carbocycles. The molecule has 0 aliphatic rings. The maximum atomic E-state index is 10.7. The molecule has 0 heterocycles. The predicted octanol–water partition coefficient (Wildman–Crippen LogP) is 3.01. The minimum Gasteiger partial charge on any atom is -0.459 e. The topological polar surface area (TPSA) is 29.5 Å². The smallest absolute Gasteiger partial charge is 0.303 e. The highest BCUT2D eigenvalue weighted by atomic mass is 16.5. The summed E-state index contributed by atoms with van der Waals surface area (Å²) in [7, 11) is 0. The first-order valence-corrected chi connectivity index (χ1v) is 6.66. The second-order valence-corrected chi connectivity index (χ2v) is 4.37. The van der Waals surface area contributed by atoms with Crippen molar-refractivity contribution in [2.24, 2.45) is 0 Å². The molecule has 0 saturated heterocycles. The lowest BCUT2D eigenvalue weighted by atomic mass is 10.2. The molecular formula is C14H27NO2. The molecule has 0 rings (SSSR count). The monoisotopic (exact) mass is 241 g/mol. The third-order valence-corrected chi connectivity index (χ3v) is 2.45. The summed E-state index contributed by atoms with van der Waals surface area (Å²) < 4.78 is 5.01. The van der Waals surface area contributed by atoms with E-state index in [4.69, 9.17) is 4.74 Å². The Morgan fingerprint density at radius 1 is 1.24 bits per heavy atom. The molecule has 0 radical (unpaired) electrons. The number of carbonyl (C=O) groups excluding carboxylic acids is 1. The van der Waals surface area contributed by atoms with Gasteiger partial charge in [0, 0.05) is 13.5 Å². The number of hydrogen-bond acceptors (Lipinski definition) is 3. The van der Waals surface area contributed by atoms with Crippen molar-refractivity contribution in [2.45, 2.75) is 53.1 Å². The molecule has 0 aliphatic heterocycles. The highest BCUT2D eigenvalue weighted by molar-refractivity contribution is 5.66. The average molecular weight is 241 g/mol. The first-order chi connectivity index (χ1) is 8.10. The van der Waals surface area contributed by atoms with Crippen molar-refractivity contribution >= 4 is 5.97 Å². The minimum absolute atomic E-state index is 0.113. The van der Waals surface area contributed by atoms with Gasteiger partial charge in [-0.05, 0) is 45.4 Å². The van der Waals surface area contributed by atoms with Crippen LogP contribution >= 0.6 is 0 Å². The van der Waals surface area contributed by atoms with Gasteiger partial charge in [-0.15, -0.1) is 0 Å². The number of rotatable bonds is 9. The van der Waals surface area contributed by atoms with Crippen LogP contribution in [-0.2, 0) is 9.53 Å². The van der Waals surface area contributed by atoms with Crippen molar-refractivity contribution in [1.82, 2.24) is 4.90 Å². The van der Waals surface area contributed by atoms with Crippen LogP contribution in [-0.4, -0.2) is 36.6 Å². The molecule has 0 aromatic rings. The Labute approximate surface area is 106 Å². The van der Waals surface area contributed by atoms with Gasteiger partial charge < -0.3 is 9.64 Å².